The van der Waals surface area contributed by atoms with E-state index in [4.69, 9.17) is 5.73 Å². The highest BCUT2D eigenvalue weighted by atomic mass is 32.1. The fourth-order valence-electron chi connectivity index (χ4n) is 3.42. The van der Waals surface area contributed by atoms with E-state index in [9.17, 15) is 24.1 Å². The number of nitrogens with zero attached hydrogens (tertiary/aromatic N) is 3. The smallest absolute Gasteiger partial charge is 0.274 e. The van der Waals surface area contributed by atoms with Gasteiger partial charge in [-0.15, -0.1) is 11.3 Å². The molecule has 0 fully saturated rings. The van der Waals surface area contributed by atoms with Crippen LogP contribution in [0.15, 0.2) is 58.9 Å². The first-order valence-corrected chi connectivity index (χ1v) is 9.55. The van der Waals surface area contributed by atoms with Crippen LogP contribution in [0, 0.1) is 34.3 Å². The second-order valence-corrected chi connectivity index (χ2v) is 7.57. The Bertz CT molecular complexity index is 1480. The quantitative estimate of drug-likeness (QED) is 0.690. The zero-order chi connectivity index (χ0) is 21.4. The number of aromatic nitrogens is 1. The third-order valence-electron chi connectivity index (χ3n) is 4.72. The first-order valence-electron chi connectivity index (χ1n) is 8.73. The van der Waals surface area contributed by atoms with Crippen LogP contribution < -0.4 is 20.5 Å². The number of rotatable bonds is 2. The highest BCUT2D eigenvalue weighted by Gasteiger charge is 2.32. The van der Waals surface area contributed by atoms with Crippen LogP contribution in [0.5, 0.6) is 0 Å². The fourth-order valence-corrected chi connectivity index (χ4v) is 4.55. The minimum atomic E-state index is -0.893. The number of hydrogen-bond donors (Lipinski definition) is 1. The van der Waals surface area contributed by atoms with Crippen molar-refractivity contribution in [1.29, 1.82) is 10.5 Å². The van der Waals surface area contributed by atoms with Crippen molar-refractivity contribution >= 4 is 28.8 Å². The van der Waals surface area contributed by atoms with Gasteiger partial charge in [-0.1, -0.05) is 24.3 Å². The molecule has 2 heterocycles. The lowest BCUT2D eigenvalue weighted by molar-refractivity contribution is 0.625. The van der Waals surface area contributed by atoms with Crippen LogP contribution in [0.4, 0.5) is 8.78 Å². The SMILES string of the molecule is N#CC1=C(N)n2c(s/c(=C\c3cccc(F)c3)c2=O)=C(C#N)[C@H]1c1cccc(F)c1. The fraction of sp³-hybridized carbons (Fsp3) is 0.0455. The zero-order valence-corrected chi connectivity index (χ0v) is 16.1. The average molecular weight is 418 g/mol. The molecule has 2 aromatic carbocycles. The van der Waals surface area contributed by atoms with Gasteiger partial charge >= 0.3 is 0 Å². The van der Waals surface area contributed by atoms with Gasteiger partial charge in [0.05, 0.1) is 33.7 Å². The van der Waals surface area contributed by atoms with Gasteiger partial charge in [0.1, 0.15) is 22.1 Å². The Kier molecular flexibility index (Phi) is 4.78. The van der Waals surface area contributed by atoms with Crippen LogP contribution in [0.25, 0.3) is 17.5 Å². The van der Waals surface area contributed by atoms with E-state index in [1.807, 2.05) is 6.07 Å². The third kappa shape index (κ3) is 3.10. The molecule has 0 radical (unpaired) electrons. The molecule has 30 heavy (non-hydrogen) atoms. The summed E-state index contributed by atoms with van der Waals surface area (Å²) in [7, 11) is 0. The Balaban J connectivity index is 2.07. The molecule has 146 valence electrons. The van der Waals surface area contributed by atoms with Gasteiger partial charge in [-0.25, -0.2) is 8.78 Å². The van der Waals surface area contributed by atoms with Crippen molar-refractivity contribution in [3.8, 4) is 12.1 Å². The summed E-state index contributed by atoms with van der Waals surface area (Å²) in [5, 5.41) is 19.5. The Hall–Kier alpha value is -4.01. The van der Waals surface area contributed by atoms with E-state index >= 15 is 0 Å². The lowest BCUT2D eigenvalue weighted by atomic mass is 9.84. The number of benzene rings is 2. The van der Waals surface area contributed by atoms with Gasteiger partial charge in [0.15, 0.2) is 0 Å². The molecule has 1 aromatic heterocycles. The van der Waals surface area contributed by atoms with Crippen molar-refractivity contribution in [1.82, 2.24) is 4.57 Å². The molecule has 1 aliphatic heterocycles. The molecule has 5 nitrogen and oxygen atoms in total. The Morgan fingerprint density at radius 2 is 1.70 bits per heavy atom. The van der Waals surface area contributed by atoms with Crippen LogP contribution in [0.1, 0.15) is 17.0 Å². The molecule has 3 aromatic rings. The van der Waals surface area contributed by atoms with Crippen molar-refractivity contribution in [2.75, 3.05) is 0 Å². The summed E-state index contributed by atoms with van der Waals surface area (Å²) in [4.78, 5) is 13.0. The van der Waals surface area contributed by atoms with Crippen molar-refractivity contribution in [3.63, 3.8) is 0 Å². The average Bonchev–Trinajstić information content (AvgIpc) is 3.04. The molecule has 0 bridgehead atoms. The Labute approximate surface area is 173 Å². The monoisotopic (exact) mass is 418 g/mol. The van der Waals surface area contributed by atoms with Gasteiger partial charge in [-0.05, 0) is 41.5 Å². The third-order valence-corrected chi connectivity index (χ3v) is 5.83. The summed E-state index contributed by atoms with van der Waals surface area (Å²) in [5.41, 5.74) is 6.59. The lowest BCUT2D eigenvalue weighted by Gasteiger charge is -2.22. The van der Waals surface area contributed by atoms with Crippen LogP contribution in [0.2, 0.25) is 0 Å². The second-order valence-electron chi connectivity index (χ2n) is 6.54. The zero-order valence-electron chi connectivity index (χ0n) is 15.3. The van der Waals surface area contributed by atoms with E-state index in [-0.39, 0.29) is 26.2 Å². The summed E-state index contributed by atoms with van der Waals surface area (Å²) in [5.74, 6) is -1.97. The molecule has 1 atom stereocenters. The van der Waals surface area contributed by atoms with Gasteiger partial charge in [-0.3, -0.25) is 9.36 Å². The summed E-state index contributed by atoms with van der Waals surface area (Å²) in [6, 6.07) is 15.3. The highest BCUT2D eigenvalue weighted by molar-refractivity contribution is 7.07. The van der Waals surface area contributed by atoms with Gasteiger partial charge in [0, 0.05) is 0 Å². The second kappa shape index (κ2) is 7.43. The number of allylic oxidation sites excluding steroid dienone is 1. The maximum Gasteiger partial charge on any atom is 0.274 e. The van der Waals surface area contributed by atoms with Crippen molar-refractivity contribution in [2.24, 2.45) is 5.73 Å². The molecule has 4 rings (SSSR count). The molecule has 0 saturated carbocycles. The Morgan fingerprint density at radius 1 is 1.03 bits per heavy atom. The number of fused-ring (bicyclic) bond motifs is 1. The number of nitrogens with two attached hydrogens (primary N) is 1. The minimum Gasteiger partial charge on any atom is -0.384 e. The van der Waals surface area contributed by atoms with E-state index in [1.54, 1.807) is 12.1 Å². The van der Waals surface area contributed by atoms with E-state index in [0.717, 1.165) is 15.9 Å². The summed E-state index contributed by atoms with van der Waals surface area (Å²) >= 11 is 1.01. The summed E-state index contributed by atoms with van der Waals surface area (Å²) in [6.45, 7) is 0. The maximum absolute atomic E-state index is 13.8. The maximum atomic E-state index is 13.8. The molecular formula is C22H12F2N4OS. The summed E-state index contributed by atoms with van der Waals surface area (Å²) in [6.07, 6.45) is 1.49. The van der Waals surface area contributed by atoms with Gasteiger partial charge in [0.25, 0.3) is 5.56 Å². The number of thiazole rings is 1. The van der Waals surface area contributed by atoms with Crippen molar-refractivity contribution in [3.05, 3.63) is 96.4 Å². The van der Waals surface area contributed by atoms with Crippen LogP contribution in [0.3, 0.4) is 0 Å². The molecule has 0 amide bonds. The van der Waals surface area contributed by atoms with E-state index in [1.165, 1.54) is 42.5 Å². The molecule has 1 aliphatic rings. The number of halogens is 2. The molecule has 0 saturated heterocycles. The molecular weight excluding hydrogens is 406 g/mol. The standard InChI is InChI=1S/C22H12F2N4OS/c23-14-5-1-3-12(7-14)8-18-21(29)28-20(27)16(10-25)19(17(11-26)22(28)30-18)13-4-2-6-15(24)9-13/h1-9,19H,27H2/b18-8-/t19-/m0/s1. The van der Waals surface area contributed by atoms with Crippen LogP contribution in [-0.2, 0) is 0 Å². The first kappa shape index (κ1) is 19.3. The first-order chi connectivity index (χ1) is 14.4. The molecule has 0 spiro atoms. The number of nitriles is 2. The van der Waals surface area contributed by atoms with Crippen LogP contribution in [-0.4, -0.2) is 4.57 Å². The van der Waals surface area contributed by atoms with Crippen molar-refractivity contribution in [2.45, 2.75) is 5.92 Å². The van der Waals surface area contributed by atoms with Gasteiger partial charge < -0.3 is 5.73 Å². The topological polar surface area (TPSA) is 95.6 Å². The predicted molar refractivity (Wildman–Crippen MR) is 109 cm³/mol. The van der Waals surface area contributed by atoms with E-state index < -0.39 is 23.1 Å². The lowest BCUT2D eigenvalue weighted by Crippen LogP contribution is -2.38. The Morgan fingerprint density at radius 3 is 2.33 bits per heavy atom. The van der Waals surface area contributed by atoms with E-state index in [0.29, 0.717) is 11.1 Å². The largest absolute Gasteiger partial charge is 0.384 e. The van der Waals surface area contributed by atoms with E-state index in [2.05, 4.69) is 6.07 Å². The summed E-state index contributed by atoms with van der Waals surface area (Å²) < 4.78 is 28.9. The normalized spacial score (nSPS) is 16.2. The predicted octanol–water partition coefficient (Wildman–Crippen LogP) is 2.14. The molecule has 8 heteroatoms. The van der Waals surface area contributed by atoms with Crippen LogP contribution >= 0.6 is 11.3 Å². The van der Waals surface area contributed by atoms with Crippen molar-refractivity contribution < 1.29 is 8.78 Å². The number of hydrogen-bond acceptors (Lipinski definition) is 5. The van der Waals surface area contributed by atoms with Gasteiger partial charge in [0.2, 0.25) is 0 Å². The molecule has 0 unspecified atom stereocenters. The molecule has 2 N–H and O–H groups in total. The molecule has 0 aliphatic carbocycles. The highest BCUT2D eigenvalue weighted by Crippen LogP contribution is 2.35. The van der Waals surface area contributed by atoms with Gasteiger partial charge in [-0.2, -0.15) is 10.5 Å². The minimum absolute atomic E-state index is 0.0122.